The lowest BCUT2D eigenvalue weighted by molar-refractivity contribution is -0.133. The van der Waals surface area contributed by atoms with Gasteiger partial charge in [-0.15, -0.1) is 0 Å². The molecule has 37 heavy (non-hydrogen) atoms. The number of nitrogens with zero attached hydrogens (tertiary/aromatic N) is 3. The number of ketones is 1. The number of nitrogens with one attached hydrogen (secondary N) is 1. The highest BCUT2D eigenvalue weighted by Crippen LogP contribution is 2.21. The number of aryl methyl sites for hydroxylation is 1. The van der Waals surface area contributed by atoms with E-state index >= 15 is 0 Å². The molecule has 0 unspecified atom stereocenters. The molecule has 0 radical (unpaired) electrons. The predicted molar refractivity (Wildman–Crippen MR) is 144 cm³/mol. The van der Waals surface area contributed by atoms with Crippen molar-refractivity contribution in [2.24, 2.45) is 7.05 Å². The topological polar surface area (TPSA) is 122 Å². The molecule has 1 N–H and O–H groups in total. The molecule has 1 saturated heterocycles. The van der Waals surface area contributed by atoms with Gasteiger partial charge in [-0.1, -0.05) is 0 Å². The Balaban J connectivity index is 1.46. The van der Waals surface area contributed by atoms with Crippen LogP contribution in [0.1, 0.15) is 23.7 Å². The van der Waals surface area contributed by atoms with Crippen molar-refractivity contribution < 1.29 is 22.4 Å². The fourth-order valence-corrected chi connectivity index (χ4v) is 6.03. The van der Waals surface area contributed by atoms with Crippen LogP contribution >= 0.6 is 11.8 Å². The zero-order valence-corrected chi connectivity index (χ0v) is 22.6. The fourth-order valence-electron chi connectivity index (χ4n) is 4.32. The lowest BCUT2D eigenvalue weighted by atomic mass is 10.1. The molecule has 3 aromatic rings. The number of carbonyl (C=O) groups is 2. The summed E-state index contributed by atoms with van der Waals surface area (Å²) in [5, 5.41) is 0. The second kappa shape index (κ2) is 11.1. The highest BCUT2D eigenvalue weighted by molar-refractivity contribution is 7.98. The Morgan fingerprint density at radius 2 is 1.76 bits per heavy atom. The van der Waals surface area contributed by atoms with Gasteiger partial charge in [0.2, 0.25) is 15.9 Å². The van der Waals surface area contributed by atoms with Gasteiger partial charge in [0, 0.05) is 50.5 Å². The van der Waals surface area contributed by atoms with Crippen LogP contribution in [0.3, 0.4) is 0 Å². The van der Waals surface area contributed by atoms with Crippen molar-refractivity contribution in [3.8, 4) is 0 Å². The van der Waals surface area contributed by atoms with Crippen LogP contribution in [0, 0.1) is 0 Å². The van der Waals surface area contributed by atoms with Crippen molar-refractivity contribution in [1.82, 2.24) is 14.2 Å². The quantitative estimate of drug-likeness (QED) is 0.405. The number of fused-ring (bicyclic) bond motifs is 1. The Bertz CT molecular complexity index is 1450. The molecule has 1 aliphatic heterocycles. The molecule has 0 saturated carbocycles. The van der Waals surface area contributed by atoms with E-state index in [2.05, 4.69) is 9.62 Å². The van der Waals surface area contributed by atoms with Crippen LogP contribution in [0.4, 0.5) is 5.69 Å². The van der Waals surface area contributed by atoms with Gasteiger partial charge in [0.1, 0.15) is 6.04 Å². The highest BCUT2D eigenvalue weighted by atomic mass is 32.2. The Morgan fingerprint density at radius 3 is 2.38 bits per heavy atom. The van der Waals surface area contributed by atoms with E-state index in [9.17, 15) is 22.8 Å². The highest BCUT2D eigenvalue weighted by Gasteiger charge is 2.31. The van der Waals surface area contributed by atoms with Crippen LogP contribution in [0.15, 0.2) is 56.6 Å². The Labute approximate surface area is 219 Å². The molecule has 1 atom stereocenters. The number of anilines is 1. The molecule has 1 fully saturated rings. The number of rotatable bonds is 9. The third-order valence-corrected chi connectivity index (χ3v) is 8.62. The summed E-state index contributed by atoms with van der Waals surface area (Å²) in [7, 11) is -2.51. The predicted octanol–water partition coefficient (Wildman–Crippen LogP) is 2.08. The Morgan fingerprint density at radius 1 is 1.08 bits per heavy atom. The summed E-state index contributed by atoms with van der Waals surface area (Å²) in [5.41, 5.74) is 2.26. The first-order chi connectivity index (χ1) is 17.6. The summed E-state index contributed by atoms with van der Waals surface area (Å²) in [4.78, 5) is 40.5. The maximum Gasteiger partial charge on any atom is 0.419 e. The van der Waals surface area contributed by atoms with Gasteiger partial charge in [-0.05, 0) is 61.8 Å². The molecule has 2 aromatic carbocycles. The van der Waals surface area contributed by atoms with Crippen LogP contribution in [0.5, 0.6) is 0 Å². The number of aromatic nitrogens is 1. The number of amides is 1. The normalized spacial score (nSPS) is 15.2. The standard InChI is InChI=1S/C25H30N4O6S2/c1-17(30)18-4-6-19(7-5-18)28-11-13-29(14-12-28)24(31)21(10-15-36-3)26-37(33,34)20-8-9-22-23(16-20)35-25(32)27(22)2/h4-9,16,21,26H,10-15H2,1-3H3/t21-/m1/s1. The van der Waals surface area contributed by atoms with Crippen molar-refractivity contribution in [3.05, 3.63) is 58.6 Å². The van der Waals surface area contributed by atoms with E-state index in [1.807, 2.05) is 18.4 Å². The number of hydrogen-bond acceptors (Lipinski definition) is 8. The van der Waals surface area contributed by atoms with Crippen LogP contribution in [0.25, 0.3) is 11.1 Å². The first kappa shape index (κ1) is 27.0. The largest absolute Gasteiger partial charge is 0.419 e. The minimum atomic E-state index is -4.05. The number of hydrogen-bond donors (Lipinski definition) is 1. The second-order valence-corrected chi connectivity index (χ2v) is 11.6. The third-order valence-electron chi connectivity index (χ3n) is 6.51. The van der Waals surface area contributed by atoms with Crippen molar-refractivity contribution in [3.63, 3.8) is 0 Å². The third kappa shape index (κ3) is 5.91. The van der Waals surface area contributed by atoms with E-state index in [4.69, 9.17) is 4.42 Å². The number of Topliss-reactive ketones (excluding diaryl/α,β-unsaturated/α-hetero) is 1. The summed E-state index contributed by atoms with van der Waals surface area (Å²) in [5.74, 6) is -0.238. The van der Waals surface area contributed by atoms with Gasteiger partial charge in [0.05, 0.1) is 10.4 Å². The van der Waals surface area contributed by atoms with Gasteiger partial charge in [0.25, 0.3) is 0 Å². The van der Waals surface area contributed by atoms with Crippen molar-refractivity contribution >= 4 is 50.3 Å². The van der Waals surface area contributed by atoms with Crippen LogP contribution in [0.2, 0.25) is 0 Å². The molecule has 4 rings (SSSR count). The lowest BCUT2D eigenvalue weighted by Crippen LogP contribution is -2.55. The van der Waals surface area contributed by atoms with Gasteiger partial charge in [-0.25, -0.2) is 13.2 Å². The van der Waals surface area contributed by atoms with E-state index in [1.54, 1.807) is 24.1 Å². The first-order valence-electron chi connectivity index (χ1n) is 11.9. The van der Waals surface area contributed by atoms with Gasteiger partial charge >= 0.3 is 5.76 Å². The molecule has 1 amide bonds. The zero-order chi connectivity index (χ0) is 26.7. The first-order valence-corrected chi connectivity index (χ1v) is 14.7. The van der Waals surface area contributed by atoms with Gasteiger partial charge in [-0.3, -0.25) is 14.2 Å². The fraction of sp³-hybridized carbons (Fsp3) is 0.400. The molecule has 12 heteroatoms. The Kier molecular flexibility index (Phi) is 8.10. The number of oxazole rings is 1. The summed E-state index contributed by atoms with van der Waals surface area (Å²) in [6.45, 7) is 3.62. The van der Waals surface area contributed by atoms with Gasteiger partial charge in [-0.2, -0.15) is 16.5 Å². The SMILES string of the molecule is CSCC[C@@H](NS(=O)(=O)c1ccc2c(c1)oc(=O)n2C)C(=O)N1CCN(c2ccc(C(C)=O)cc2)CC1. The van der Waals surface area contributed by atoms with E-state index in [0.29, 0.717) is 49.4 Å². The monoisotopic (exact) mass is 546 g/mol. The number of piperazine rings is 1. The number of benzene rings is 2. The van der Waals surface area contributed by atoms with Crippen molar-refractivity contribution in [1.29, 1.82) is 0 Å². The smallest absolute Gasteiger partial charge is 0.408 e. The summed E-state index contributed by atoms with van der Waals surface area (Å²) < 4.78 is 35.4. The van der Waals surface area contributed by atoms with E-state index in [-0.39, 0.29) is 22.2 Å². The number of thioether (sulfide) groups is 1. The van der Waals surface area contributed by atoms with Gasteiger partial charge in [0.15, 0.2) is 11.4 Å². The average molecular weight is 547 g/mol. The number of carbonyl (C=O) groups excluding carboxylic acids is 2. The van der Waals surface area contributed by atoms with Crippen molar-refractivity contribution in [2.75, 3.05) is 43.1 Å². The summed E-state index contributed by atoms with van der Waals surface area (Å²) >= 11 is 1.53. The molecule has 0 aliphatic carbocycles. The molecule has 0 spiro atoms. The molecular weight excluding hydrogens is 516 g/mol. The second-order valence-electron chi connectivity index (χ2n) is 8.93. The zero-order valence-electron chi connectivity index (χ0n) is 21.0. The average Bonchev–Trinajstić information content (AvgIpc) is 3.18. The van der Waals surface area contributed by atoms with E-state index in [0.717, 1.165) is 5.69 Å². The van der Waals surface area contributed by atoms with E-state index in [1.165, 1.54) is 41.5 Å². The lowest BCUT2D eigenvalue weighted by Gasteiger charge is -2.37. The summed E-state index contributed by atoms with van der Waals surface area (Å²) in [6, 6.07) is 10.7. The van der Waals surface area contributed by atoms with Crippen molar-refractivity contribution in [2.45, 2.75) is 24.3 Å². The minimum Gasteiger partial charge on any atom is -0.408 e. The minimum absolute atomic E-state index is 0.00828. The number of sulfonamides is 1. The van der Waals surface area contributed by atoms with Crippen LogP contribution in [-0.4, -0.2) is 73.8 Å². The van der Waals surface area contributed by atoms with E-state index < -0.39 is 21.8 Å². The molecule has 2 heterocycles. The molecular formula is C25H30N4O6S2. The molecule has 1 aliphatic rings. The van der Waals surface area contributed by atoms with Gasteiger partial charge < -0.3 is 14.2 Å². The molecule has 10 nitrogen and oxygen atoms in total. The maximum atomic E-state index is 13.4. The maximum absolute atomic E-state index is 13.4. The molecule has 1 aromatic heterocycles. The van der Waals surface area contributed by atoms with Crippen LogP contribution in [-0.2, 0) is 21.9 Å². The van der Waals surface area contributed by atoms with Crippen LogP contribution < -0.4 is 15.4 Å². The molecule has 198 valence electrons. The molecule has 0 bridgehead atoms. The Hall–Kier alpha value is -3.09. The summed E-state index contributed by atoms with van der Waals surface area (Å²) in [6.07, 6.45) is 2.24.